The zero-order valence-corrected chi connectivity index (χ0v) is 20.3. The van der Waals surface area contributed by atoms with Crippen LogP contribution in [0.25, 0.3) is 0 Å². The van der Waals surface area contributed by atoms with Crippen LogP contribution in [0.1, 0.15) is 56.3 Å². The number of aromatic nitrogens is 2. The van der Waals surface area contributed by atoms with Crippen molar-refractivity contribution in [3.8, 4) is 0 Å². The number of hydrogen-bond donors (Lipinski definition) is 0. The number of benzene rings is 1. The lowest BCUT2D eigenvalue weighted by Crippen LogP contribution is -2.56. The third-order valence-corrected chi connectivity index (χ3v) is 8.53. The molecule has 3 aliphatic rings. The SMILES string of the molecule is CN(C)[C@]1(c2ccccc2)CC[C@@]2(CC1)CN(c1cnc(C(F)(F)F)nc1)C(=O)N2CC1CCC1. The Hall–Kier alpha value is -2.68. The van der Waals surface area contributed by atoms with Gasteiger partial charge < -0.3 is 4.90 Å². The van der Waals surface area contributed by atoms with Gasteiger partial charge in [-0.05, 0) is 64.1 Å². The zero-order valence-electron chi connectivity index (χ0n) is 20.3. The Balaban J connectivity index is 1.43. The fourth-order valence-electron chi connectivity index (χ4n) is 6.11. The molecule has 2 aromatic rings. The number of rotatable bonds is 5. The van der Waals surface area contributed by atoms with Crippen molar-refractivity contribution < 1.29 is 18.0 Å². The summed E-state index contributed by atoms with van der Waals surface area (Å²) in [6.45, 7) is 1.16. The minimum atomic E-state index is -4.61. The molecule has 5 rings (SSSR count). The first-order chi connectivity index (χ1) is 16.6. The molecule has 1 aromatic carbocycles. The van der Waals surface area contributed by atoms with E-state index in [0.29, 0.717) is 24.7 Å². The Morgan fingerprint density at radius 1 is 1.03 bits per heavy atom. The Morgan fingerprint density at radius 3 is 2.17 bits per heavy atom. The lowest BCUT2D eigenvalue weighted by atomic mass is 9.68. The fourth-order valence-corrected chi connectivity index (χ4v) is 6.11. The van der Waals surface area contributed by atoms with E-state index in [-0.39, 0.29) is 17.1 Å². The molecule has 2 saturated carbocycles. The smallest absolute Gasteiger partial charge is 0.317 e. The molecule has 35 heavy (non-hydrogen) atoms. The van der Waals surface area contributed by atoms with Gasteiger partial charge in [0.15, 0.2) is 0 Å². The number of hydrogen-bond acceptors (Lipinski definition) is 4. The third kappa shape index (κ3) is 4.17. The molecule has 0 atom stereocenters. The van der Waals surface area contributed by atoms with E-state index in [4.69, 9.17) is 0 Å². The molecule has 1 aliphatic heterocycles. The van der Waals surface area contributed by atoms with Gasteiger partial charge in [0.05, 0.1) is 30.2 Å². The zero-order chi connectivity index (χ0) is 24.8. The molecular weight excluding hydrogens is 455 g/mol. The lowest BCUT2D eigenvalue weighted by Gasteiger charge is -2.51. The molecule has 0 radical (unpaired) electrons. The predicted octanol–water partition coefficient (Wildman–Crippen LogP) is 5.31. The number of amides is 2. The highest BCUT2D eigenvalue weighted by atomic mass is 19.4. The highest BCUT2D eigenvalue weighted by molar-refractivity contribution is 5.95. The number of alkyl halides is 3. The quantitative estimate of drug-likeness (QED) is 0.574. The molecule has 2 heterocycles. The van der Waals surface area contributed by atoms with Gasteiger partial charge in [-0.3, -0.25) is 9.80 Å². The van der Waals surface area contributed by atoms with Crippen molar-refractivity contribution in [3.63, 3.8) is 0 Å². The van der Waals surface area contributed by atoms with Crippen molar-refractivity contribution in [2.24, 2.45) is 5.92 Å². The topological polar surface area (TPSA) is 52.6 Å². The molecule has 2 amide bonds. The van der Waals surface area contributed by atoms with Crippen LogP contribution in [0.4, 0.5) is 23.7 Å². The molecular formula is C26H32F3N5O. The van der Waals surface area contributed by atoms with Crippen molar-refractivity contribution in [1.82, 2.24) is 19.8 Å². The van der Waals surface area contributed by atoms with E-state index < -0.39 is 12.0 Å². The summed E-state index contributed by atoms with van der Waals surface area (Å²) in [7, 11) is 4.23. The van der Waals surface area contributed by atoms with Crippen LogP contribution in [0.15, 0.2) is 42.7 Å². The van der Waals surface area contributed by atoms with E-state index in [1.807, 2.05) is 11.0 Å². The number of urea groups is 1. The fraction of sp³-hybridized carbons (Fsp3) is 0.577. The van der Waals surface area contributed by atoms with Crippen LogP contribution in [0.2, 0.25) is 0 Å². The first-order valence-corrected chi connectivity index (χ1v) is 12.4. The second-order valence-corrected chi connectivity index (χ2v) is 10.6. The van der Waals surface area contributed by atoms with Crippen LogP contribution in [-0.4, -0.2) is 58.5 Å². The van der Waals surface area contributed by atoms with Crippen LogP contribution < -0.4 is 4.90 Å². The molecule has 0 bridgehead atoms. The van der Waals surface area contributed by atoms with Gasteiger partial charge in [0.2, 0.25) is 5.82 Å². The Bertz CT molecular complexity index is 1040. The van der Waals surface area contributed by atoms with Crippen molar-refractivity contribution in [2.45, 2.75) is 62.2 Å². The molecule has 188 valence electrons. The van der Waals surface area contributed by atoms with Gasteiger partial charge in [-0.15, -0.1) is 0 Å². The van der Waals surface area contributed by atoms with Crippen LogP contribution >= 0.6 is 0 Å². The van der Waals surface area contributed by atoms with Gasteiger partial charge in [0.1, 0.15) is 0 Å². The summed E-state index contributed by atoms with van der Waals surface area (Å²) in [5.41, 5.74) is 1.15. The van der Waals surface area contributed by atoms with Crippen LogP contribution in [0, 0.1) is 5.92 Å². The summed E-state index contributed by atoms with van der Waals surface area (Å²) in [5.74, 6) is -0.695. The average molecular weight is 488 g/mol. The molecule has 9 heteroatoms. The number of anilines is 1. The van der Waals surface area contributed by atoms with Gasteiger partial charge in [-0.1, -0.05) is 36.8 Å². The summed E-state index contributed by atoms with van der Waals surface area (Å²) in [4.78, 5) is 26.6. The Labute approximate surface area is 204 Å². The molecule has 1 aromatic heterocycles. The molecule has 6 nitrogen and oxygen atoms in total. The summed E-state index contributed by atoms with van der Waals surface area (Å²) in [5, 5.41) is 0. The minimum absolute atomic E-state index is 0.109. The molecule has 2 aliphatic carbocycles. The summed E-state index contributed by atoms with van der Waals surface area (Å²) in [6, 6.07) is 10.4. The Morgan fingerprint density at radius 2 is 1.66 bits per heavy atom. The van der Waals surface area contributed by atoms with Crippen molar-refractivity contribution in [1.29, 1.82) is 0 Å². The average Bonchev–Trinajstić information content (AvgIpc) is 3.08. The van der Waals surface area contributed by atoms with Crippen LogP contribution in [0.5, 0.6) is 0 Å². The normalized spacial score (nSPS) is 27.7. The summed E-state index contributed by atoms with van der Waals surface area (Å²) in [6.07, 6.45) is 4.54. The maximum Gasteiger partial charge on any atom is 0.451 e. The third-order valence-electron chi connectivity index (χ3n) is 8.53. The molecule has 1 spiro atoms. The maximum absolute atomic E-state index is 13.7. The van der Waals surface area contributed by atoms with E-state index in [2.05, 4.69) is 53.2 Å². The van der Waals surface area contributed by atoms with Crippen LogP contribution in [-0.2, 0) is 11.7 Å². The van der Waals surface area contributed by atoms with Gasteiger partial charge >= 0.3 is 12.2 Å². The molecule has 1 saturated heterocycles. The van der Waals surface area contributed by atoms with E-state index >= 15 is 0 Å². The summed E-state index contributed by atoms with van der Waals surface area (Å²) >= 11 is 0. The van der Waals surface area contributed by atoms with Crippen molar-refractivity contribution in [2.75, 3.05) is 32.1 Å². The second kappa shape index (κ2) is 8.76. The minimum Gasteiger partial charge on any atom is -0.317 e. The lowest BCUT2D eigenvalue weighted by molar-refractivity contribution is -0.144. The predicted molar refractivity (Wildman–Crippen MR) is 127 cm³/mol. The first-order valence-electron chi connectivity index (χ1n) is 12.4. The number of carbonyl (C=O) groups excluding carboxylic acids is 1. The molecule has 0 unspecified atom stereocenters. The van der Waals surface area contributed by atoms with E-state index in [9.17, 15) is 18.0 Å². The van der Waals surface area contributed by atoms with E-state index in [0.717, 1.165) is 50.9 Å². The van der Waals surface area contributed by atoms with E-state index in [1.165, 1.54) is 12.0 Å². The van der Waals surface area contributed by atoms with Gasteiger partial charge in [-0.25, -0.2) is 14.8 Å². The number of nitrogens with zero attached hydrogens (tertiary/aromatic N) is 5. The maximum atomic E-state index is 13.7. The first kappa shape index (κ1) is 24.0. The molecule has 0 N–H and O–H groups in total. The van der Waals surface area contributed by atoms with Crippen LogP contribution in [0.3, 0.4) is 0 Å². The number of carbonyl (C=O) groups is 1. The van der Waals surface area contributed by atoms with E-state index in [1.54, 1.807) is 4.90 Å². The summed E-state index contributed by atoms with van der Waals surface area (Å²) < 4.78 is 38.9. The standard InChI is InChI=1S/C26H32F3N5O/c1-32(2)25(20-9-4-3-5-10-20)13-11-24(12-14-25)18-33(23(35)34(24)17-19-7-6-8-19)21-15-30-22(31-16-21)26(27,28)29/h3-5,9-10,15-16,19H,6-8,11-14,17-18H2,1-2H3/t24-,25-. The van der Waals surface area contributed by atoms with Gasteiger partial charge in [-0.2, -0.15) is 13.2 Å². The Kier molecular flexibility index (Phi) is 6.02. The van der Waals surface area contributed by atoms with Gasteiger partial charge in [0.25, 0.3) is 0 Å². The largest absolute Gasteiger partial charge is 0.451 e. The van der Waals surface area contributed by atoms with Gasteiger partial charge in [0, 0.05) is 12.1 Å². The number of halogens is 3. The van der Waals surface area contributed by atoms with Crippen molar-refractivity contribution in [3.05, 3.63) is 54.1 Å². The monoisotopic (exact) mass is 487 g/mol. The highest BCUT2D eigenvalue weighted by Crippen LogP contribution is 2.50. The highest BCUT2D eigenvalue weighted by Gasteiger charge is 2.55. The molecule has 3 fully saturated rings. The second-order valence-electron chi connectivity index (χ2n) is 10.6. The van der Waals surface area contributed by atoms with Crippen molar-refractivity contribution >= 4 is 11.7 Å².